The molecule has 84 valence electrons. The van der Waals surface area contributed by atoms with Crippen LogP contribution in [0.5, 0.6) is 0 Å². The molecular weight excluding hydrogens is 214 g/mol. The molecule has 0 spiro atoms. The summed E-state index contributed by atoms with van der Waals surface area (Å²) in [7, 11) is 1.82. The quantitative estimate of drug-likeness (QED) is 0.794. The number of aromatic nitrogens is 2. The van der Waals surface area contributed by atoms with E-state index in [1.54, 1.807) is 17.1 Å². The van der Waals surface area contributed by atoms with Crippen molar-refractivity contribution in [1.29, 1.82) is 0 Å². The van der Waals surface area contributed by atoms with Gasteiger partial charge in [-0.2, -0.15) is 0 Å². The maximum atomic E-state index is 11.7. The van der Waals surface area contributed by atoms with E-state index in [-0.39, 0.29) is 11.9 Å². The van der Waals surface area contributed by atoms with Gasteiger partial charge in [0.1, 0.15) is 5.69 Å². The van der Waals surface area contributed by atoms with Gasteiger partial charge in [0.15, 0.2) is 0 Å². The number of alkyl halides is 1. The lowest BCUT2D eigenvalue weighted by Gasteiger charge is -2.18. The molecule has 1 heterocycles. The number of imidazole rings is 1. The lowest BCUT2D eigenvalue weighted by atomic mass is 10.1. The van der Waals surface area contributed by atoms with E-state index in [0.717, 1.165) is 0 Å². The van der Waals surface area contributed by atoms with Crippen molar-refractivity contribution in [2.75, 3.05) is 5.88 Å². The molecule has 1 N–H and O–H groups in total. The largest absolute Gasteiger partial charge is 0.346 e. The second kappa shape index (κ2) is 5.16. The van der Waals surface area contributed by atoms with Crippen molar-refractivity contribution in [2.45, 2.75) is 19.9 Å². The van der Waals surface area contributed by atoms with Crippen LogP contribution in [-0.2, 0) is 7.05 Å². The fourth-order valence-electron chi connectivity index (χ4n) is 1.16. The molecule has 0 aliphatic carbocycles. The van der Waals surface area contributed by atoms with Gasteiger partial charge in [-0.05, 0) is 5.92 Å². The molecule has 15 heavy (non-hydrogen) atoms. The Balaban J connectivity index is 2.62. The van der Waals surface area contributed by atoms with E-state index in [2.05, 4.69) is 10.3 Å². The van der Waals surface area contributed by atoms with Crippen molar-refractivity contribution in [1.82, 2.24) is 14.9 Å². The Hall–Kier alpha value is -1.03. The smallest absolute Gasteiger partial charge is 0.271 e. The lowest BCUT2D eigenvalue weighted by molar-refractivity contribution is 0.0926. The number of hydrogen-bond donors (Lipinski definition) is 1. The van der Waals surface area contributed by atoms with E-state index < -0.39 is 0 Å². The third kappa shape index (κ3) is 3.23. The van der Waals surface area contributed by atoms with E-state index in [4.69, 9.17) is 11.6 Å². The second-order valence-electron chi connectivity index (χ2n) is 3.90. The summed E-state index contributed by atoms with van der Waals surface area (Å²) in [5.41, 5.74) is 0.424. The summed E-state index contributed by atoms with van der Waals surface area (Å²) >= 11 is 5.76. The zero-order valence-electron chi connectivity index (χ0n) is 9.20. The van der Waals surface area contributed by atoms with Crippen LogP contribution in [0.2, 0.25) is 0 Å². The summed E-state index contributed by atoms with van der Waals surface area (Å²) < 4.78 is 1.74. The summed E-state index contributed by atoms with van der Waals surface area (Å²) in [6.45, 7) is 4.04. The normalized spacial score (nSPS) is 12.9. The first-order valence-electron chi connectivity index (χ1n) is 4.89. The molecule has 1 aromatic rings. The standard InChI is InChI=1S/C10H16ClN3O/c1-7(2)8(4-11)13-10(15)9-5-14(3)6-12-9/h5-8H,4H2,1-3H3,(H,13,15). The van der Waals surface area contributed by atoms with E-state index >= 15 is 0 Å². The Kier molecular flexibility index (Phi) is 4.15. The molecule has 1 unspecified atom stereocenters. The number of hydrogen-bond acceptors (Lipinski definition) is 2. The second-order valence-corrected chi connectivity index (χ2v) is 4.21. The van der Waals surface area contributed by atoms with Gasteiger partial charge < -0.3 is 9.88 Å². The Morgan fingerprint density at radius 2 is 2.33 bits per heavy atom. The highest BCUT2D eigenvalue weighted by Crippen LogP contribution is 2.05. The summed E-state index contributed by atoms with van der Waals surface area (Å²) in [6.07, 6.45) is 3.28. The number of carbonyl (C=O) groups is 1. The van der Waals surface area contributed by atoms with Crippen LogP contribution in [0.1, 0.15) is 24.3 Å². The number of rotatable bonds is 4. The number of amides is 1. The Labute approximate surface area is 94.6 Å². The van der Waals surface area contributed by atoms with Gasteiger partial charge in [0.25, 0.3) is 5.91 Å². The van der Waals surface area contributed by atoms with Crippen LogP contribution in [-0.4, -0.2) is 27.4 Å². The van der Waals surface area contributed by atoms with Gasteiger partial charge >= 0.3 is 0 Å². The van der Waals surface area contributed by atoms with Crippen molar-refractivity contribution in [3.05, 3.63) is 18.2 Å². The zero-order chi connectivity index (χ0) is 11.4. The number of carbonyl (C=O) groups excluding carboxylic acids is 1. The van der Waals surface area contributed by atoms with Crippen LogP contribution < -0.4 is 5.32 Å². The molecule has 1 amide bonds. The van der Waals surface area contributed by atoms with Crippen LogP contribution in [0.15, 0.2) is 12.5 Å². The number of aryl methyl sites for hydroxylation is 1. The molecule has 4 nitrogen and oxygen atoms in total. The van der Waals surface area contributed by atoms with Crippen LogP contribution >= 0.6 is 11.6 Å². The fraction of sp³-hybridized carbons (Fsp3) is 0.600. The maximum absolute atomic E-state index is 11.7. The first kappa shape index (κ1) is 12.0. The van der Waals surface area contributed by atoms with Gasteiger partial charge in [0, 0.05) is 25.2 Å². The van der Waals surface area contributed by atoms with Crippen LogP contribution in [0.4, 0.5) is 0 Å². The highest BCUT2D eigenvalue weighted by molar-refractivity contribution is 6.18. The third-order valence-corrected chi connectivity index (χ3v) is 2.56. The molecular formula is C10H16ClN3O. The SMILES string of the molecule is CC(C)C(CCl)NC(=O)c1cn(C)cn1. The Morgan fingerprint density at radius 3 is 2.73 bits per heavy atom. The molecule has 0 saturated heterocycles. The molecule has 0 aromatic carbocycles. The van der Waals surface area contributed by atoms with Crippen molar-refractivity contribution < 1.29 is 4.79 Å². The van der Waals surface area contributed by atoms with Gasteiger partial charge in [-0.1, -0.05) is 13.8 Å². The van der Waals surface area contributed by atoms with Crippen molar-refractivity contribution >= 4 is 17.5 Å². The lowest BCUT2D eigenvalue weighted by Crippen LogP contribution is -2.40. The molecule has 5 heteroatoms. The van der Waals surface area contributed by atoms with E-state index in [1.807, 2.05) is 20.9 Å². The molecule has 0 bridgehead atoms. The minimum atomic E-state index is -0.171. The Bertz CT molecular complexity index is 335. The molecule has 1 aromatic heterocycles. The van der Waals surface area contributed by atoms with Crippen LogP contribution in [0.3, 0.4) is 0 Å². The summed E-state index contributed by atoms with van der Waals surface area (Å²) in [5.74, 6) is 0.557. The minimum absolute atomic E-state index is 0.0128. The van der Waals surface area contributed by atoms with Gasteiger partial charge in [-0.3, -0.25) is 4.79 Å². The topological polar surface area (TPSA) is 46.9 Å². The van der Waals surface area contributed by atoms with Crippen LogP contribution in [0.25, 0.3) is 0 Å². The van der Waals surface area contributed by atoms with Gasteiger partial charge in [0.2, 0.25) is 0 Å². The molecule has 0 aliphatic heterocycles. The first-order chi connectivity index (χ1) is 7.04. The molecule has 0 radical (unpaired) electrons. The summed E-state index contributed by atoms with van der Waals surface area (Å²) in [4.78, 5) is 15.7. The van der Waals surface area contributed by atoms with Gasteiger partial charge in [-0.15, -0.1) is 11.6 Å². The predicted octanol–water partition coefficient (Wildman–Crippen LogP) is 1.41. The number of nitrogens with one attached hydrogen (secondary N) is 1. The van der Waals surface area contributed by atoms with E-state index in [1.165, 1.54) is 0 Å². The average molecular weight is 230 g/mol. The highest BCUT2D eigenvalue weighted by Gasteiger charge is 2.17. The number of nitrogens with zero attached hydrogens (tertiary/aromatic N) is 2. The fourth-order valence-corrected chi connectivity index (χ4v) is 1.59. The average Bonchev–Trinajstić information content (AvgIpc) is 2.60. The Morgan fingerprint density at radius 1 is 1.67 bits per heavy atom. The third-order valence-electron chi connectivity index (χ3n) is 2.22. The first-order valence-corrected chi connectivity index (χ1v) is 5.42. The monoisotopic (exact) mass is 229 g/mol. The molecule has 1 rings (SSSR count). The van der Waals surface area contributed by atoms with Crippen molar-refractivity contribution in [3.8, 4) is 0 Å². The maximum Gasteiger partial charge on any atom is 0.271 e. The summed E-state index contributed by atoms with van der Waals surface area (Å²) in [6, 6.07) is -0.0128. The van der Waals surface area contributed by atoms with E-state index in [9.17, 15) is 4.79 Å². The highest BCUT2D eigenvalue weighted by atomic mass is 35.5. The minimum Gasteiger partial charge on any atom is -0.346 e. The van der Waals surface area contributed by atoms with Crippen molar-refractivity contribution in [3.63, 3.8) is 0 Å². The van der Waals surface area contributed by atoms with Crippen LogP contribution in [0, 0.1) is 5.92 Å². The molecule has 0 aliphatic rings. The molecule has 0 saturated carbocycles. The van der Waals surface area contributed by atoms with Gasteiger partial charge in [0.05, 0.1) is 6.33 Å². The number of halogens is 1. The zero-order valence-corrected chi connectivity index (χ0v) is 9.95. The molecule has 0 fully saturated rings. The van der Waals surface area contributed by atoms with E-state index in [0.29, 0.717) is 17.5 Å². The van der Waals surface area contributed by atoms with Gasteiger partial charge in [-0.25, -0.2) is 4.98 Å². The van der Waals surface area contributed by atoms with Crippen molar-refractivity contribution in [2.24, 2.45) is 13.0 Å². The predicted molar refractivity (Wildman–Crippen MR) is 60.0 cm³/mol. The molecule has 1 atom stereocenters. The summed E-state index contributed by atoms with van der Waals surface area (Å²) in [5, 5.41) is 2.85.